The number of nitrogen functional groups attached to an aromatic ring is 1. The maximum absolute atomic E-state index is 10.4. The van der Waals surface area contributed by atoms with Gasteiger partial charge in [-0.2, -0.15) is 0 Å². The second kappa shape index (κ2) is 6.81. The largest absolute Gasteiger partial charge is 0.387 e. The molecular weight excluding hydrogens is 330 g/mol. The van der Waals surface area contributed by atoms with E-state index in [1.807, 2.05) is 0 Å². The van der Waals surface area contributed by atoms with Crippen molar-refractivity contribution in [2.24, 2.45) is 0 Å². The summed E-state index contributed by atoms with van der Waals surface area (Å²) in [5, 5.41) is 20.7. The molecule has 25 heavy (non-hydrogen) atoms. The first-order valence-electron chi connectivity index (χ1n) is 8.29. The van der Waals surface area contributed by atoms with Gasteiger partial charge in [0, 0.05) is 13.2 Å². The van der Waals surface area contributed by atoms with Gasteiger partial charge >= 0.3 is 0 Å². The Hall–Kier alpha value is -1.85. The van der Waals surface area contributed by atoms with Crippen LogP contribution in [0.3, 0.4) is 0 Å². The fourth-order valence-electron chi connectivity index (χ4n) is 3.23. The van der Waals surface area contributed by atoms with E-state index in [-0.39, 0.29) is 18.5 Å². The Morgan fingerprint density at radius 1 is 1.20 bits per heavy atom. The zero-order chi connectivity index (χ0) is 17.4. The van der Waals surface area contributed by atoms with E-state index in [0.717, 1.165) is 12.8 Å². The minimum atomic E-state index is -1.13. The molecule has 4 atom stereocenters. The van der Waals surface area contributed by atoms with Gasteiger partial charge in [-0.05, 0) is 12.8 Å². The topological polar surface area (TPSA) is 138 Å². The number of imidazole rings is 1. The van der Waals surface area contributed by atoms with Crippen LogP contribution in [0.1, 0.15) is 19.1 Å². The van der Waals surface area contributed by atoms with Crippen LogP contribution < -0.4 is 5.73 Å². The molecule has 0 aromatic carbocycles. The van der Waals surface area contributed by atoms with Gasteiger partial charge in [-0.25, -0.2) is 15.0 Å². The third-order valence-corrected chi connectivity index (χ3v) is 4.66. The van der Waals surface area contributed by atoms with Gasteiger partial charge < -0.3 is 30.2 Å². The molecule has 0 bridgehead atoms. The van der Waals surface area contributed by atoms with Crippen molar-refractivity contribution in [2.45, 2.75) is 43.5 Å². The number of hydrogen-bond donors (Lipinski definition) is 3. The first kappa shape index (κ1) is 16.6. The van der Waals surface area contributed by atoms with Crippen molar-refractivity contribution in [1.29, 1.82) is 0 Å². The van der Waals surface area contributed by atoms with E-state index in [9.17, 15) is 10.2 Å². The van der Waals surface area contributed by atoms with E-state index in [4.69, 9.17) is 19.9 Å². The van der Waals surface area contributed by atoms with Crippen LogP contribution in [0.25, 0.3) is 11.2 Å². The van der Waals surface area contributed by atoms with Gasteiger partial charge in [0.15, 0.2) is 17.7 Å². The number of rotatable bonds is 4. The second-order valence-corrected chi connectivity index (χ2v) is 6.27. The van der Waals surface area contributed by atoms with E-state index in [1.165, 1.54) is 12.7 Å². The molecule has 2 aromatic rings. The third-order valence-electron chi connectivity index (χ3n) is 4.66. The van der Waals surface area contributed by atoms with Crippen LogP contribution in [0.15, 0.2) is 12.7 Å². The van der Waals surface area contributed by atoms with Crippen LogP contribution in [0, 0.1) is 0 Å². The van der Waals surface area contributed by atoms with Crippen LogP contribution in [0.2, 0.25) is 0 Å². The molecule has 10 nitrogen and oxygen atoms in total. The van der Waals surface area contributed by atoms with Crippen LogP contribution >= 0.6 is 0 Å². The lowest BCUT2D eigenvalue weighted by Crippen LogP contribution is -2.35. The number of aromatic nitrogens is 4. The summed E-state index contributed by atoms with van der Waals surface area (Å²) in [6.45, 7) is 1.54. The predicted octanol–water partition coefficient (Wildman–Crippen LogP) is -0.777. The van der Waals surface area contributed by atoms with Crippen molar-refractivity contribution in [3.05, 3.63) is 12.7 Å². The smallest absolute Gasteiger partial charge is 0.167 e. The summed E-state index contributed by atoms with van der Waals surface area (Å²) in [7, 11) is 0. The van der Waals surface area contributed by atoms with Crippen LogP contribution in [0.4, 0.5) is 5.82 Å². The summed E-state index contributed by atoms with van der Waals surface area (Å²) in [5.41, 5.74) is 6.64. The maximum atomic E-state index is 10.4. The third kappa shape index (κ3) is 3.07. The molecule has 136 valence electrons. The second-order valence-electron chi connectivity index (χ2n) is 6.27. The monoisotopic (exact) mass is 351 g/mol. The molecule has 2 aliphatic rings. The van der Waals surface area contributed by atoms with Gasteiger partial charge in [-0.3, -0.25) is 4.57 Å². The molecule has 2 fully saturated rings. The predicted molar refractivity (Wildman–Crippen MR) is 85.5 cm³/mol. The van der Waals surface area contributed by atoms with Gasteiger partial charge in [0.05, 0.1) is 19.0 Å². The molecule has 2 aromatic heterocycles. The highest BCUT2D eigenvalue weighted by molar-refractivity contribution is 5.81. The van der Waals surface area contributed by atoms with Crippen molar-refractivity contribution in [1.82, 2.24) is 19.5 Å². The Kier molecular flexibility index (Phi) is 4.52. The van der Waals surface area contributed by atoms with Crippen molar-refractivity contribution < 1.29 is 24.4 Å². The van der Waals surface area contributed by atoms with Crippen molar-refractivity contribution in [2.75, 3.05) is 25.6 Å². The number of nitrogens with zero attached hydrogens (tertiary/aromatic N) is 4. The number of ether oxygens (including phenoxy) is 3. The fraction of sp³-hybridized carbons (Fsp3) is 0.667. The molecular formula is C15H21N5O5. The van der Waals surface area contributed by atoms with Gasteiger partial charge in [-0.1, -0.05) is 0 Å². The van der Waals surface area contributed by atoms with Gasteiger partial charge in [0.25, 0.3) is 0 Å². The van der Waals surface area contributed by atoms with E-state index in [2.05, 4.69) is 15.0 Å². The van der Waals surface area contributed by atoms with Crippen molar-refractivity contribution >= 4 is 17.0 Å². The Balaban J connectivity index is 1.48. The molecule has 0 spiro atoms. The Morgan fingerprint density at radius 2 is 2.00 bits per heavy atom. The van der Waals surface area contributed by atoms with Gasteiger partial charge in [-0.15, -0.1) is 0 Å². The van der Waals surface area contributed by atoms with E-state index in [0.29, 0.717) is 24.4 Å². The SMILES string of the molecule is Nc1ncnc2c1ncn2[C@@H]1O[C@H](COC2CCOCC2)[C@@H](O)[C@H]1O. The zero-order valence-electron chi connectivity index (χ0n) is 13.6. The molecule has 0 unspecified atom stereocenters. The van der Waals surface area contributed by atoms with Gasteiger partial charge in [0.2, 0.25) is 0 Å². The molecule has 0 saturated carbocycles. The Bertz CT molecular complexity index is 734. The zero-order valence-corrected chi connectivity index (χ0v) is 13.6. The van der Waals surface area contributed by atoms with Gasteiger partial charge in [0.1, 0.15) is 30.2 Å². The molecule has 4 N–H and O–H groups in total. The summed E-state index contributed by atoms with van der Waals surface area (Å²) in [4.78, 5) is 12.2. The number of fused-ring (bicyclic) bond motifs is 1. The lowest BCUT2D eigenvalue weighted by atomic mass is 10.1. The maximum Gasteiger partial charge on any atom is 0.167 e. The quantitative estimate of drug-likeness (QED) is 0.647. The first-order chi connectivity index (χ1) is 12.1. The Morgan fingerprint density at radius 3 is 2.80 bits per heavy atom. The number of hydrogen-bond acceptors (Lipinski definition) is 9. The molecule has 10 heteroatoms. The van der Waals surface area contributed by atoms with Crippen LogP contribution in [-0.2, 0) is 14.2 Å². The van der Waals surface area contributed by atoms with Crippen molar-refractivity contribution in [3.8, 4) is 0 Å². The molecule has 0 radical (unpaired) electrons. The molecule has 2 saturated heterocycles. The highest BCUT2D eigenvalue weighted by atomic mass is 16.6. The first-order valence-corrected chi connectivity index (χ1v) is 8.29. The van der Waals surface area contributed by atoms with Crippen LogP contribution in [-0.4, -0.2) is 74.0 Å². The molecule has 4 heterocycles. The Labute approximate surface area is 143 Å². The highest BCUT2D eigenvalue weighted by Crippen LogP contribution is 2.32. The summed E-state index contributed by atoms with van der Waals surface area (Å²) < 4.78 is 18.5. The summed E-state index contributed by atoms with van der Waals surface area (Å²) in [6, 6.07) is 0. The average molecular weight is 351 g/mol. The average Bonchev–Trinajstić information content (AvgIpc) is 3.18. The van der Waals surface area contributed by atoms with Crippen molar-refractivity contribution in [3.63, 3.8) is 0 Å². The van der Waals surface area contributed by atoms with E-state index >= 15 is 0 Å². The lowest BCUT2D eigenvalue weighted by Gasteiger charge is -2.24. The molecule has 4 rings (SSSR count). The van der Waals surface area contributed by atoms with E-state index in [1.54, 1.807) is 4.57 Å². The standard InChI is InChI=1S/C15H21N5O5/c16-13-10-14(18-6-17-13)20(7-19-10)15-12(22)11(21)9(25-15)5-24-8-1-3-23-4-2-8/h6-9,11-12,15,21-22H,1-5H2,(H2,16,17,18)/t9-,11-,12-,15-/m1/s1. The summed E-state index contributed by atoms with van der Waals surface area (Å²) in [6.07, 6.45) is 0.851. The minimum Gasteiger partial charge on any atom is -0.387 e. The summed E-state index contributed by atoms with van der Waals surface area (Å²) >= 11 is 0. The lowest BCUT2D eigenvalue weighted by molar-refractivity contribution is -0.0986. The highest BCUT2D eigenvalue weighted by Gasteiger charge is 2.44. The number of aliphatic hydroxyl groups is 2. The fourth-order valence-corrected chi connectivity index (χ4v) is 3.23. The molecule has 0 amide bonds. The minimum absolute atomic E-state index is 0.0855. The molecule has 2 aliphatic heterocycles. The number of anilines is 1. The normalized spacial score (nSPS) is 31.0. The number of aliphatic hydroxyl groups excluding tert-OH is 2. The number of nitrogens with two attached hydrogens (primary N) is 1. The molecule has 0 aliphatic carbocycles. The summed E-state index contributed by atoms with van der Waals surface area (Å²) in [5.74, 6) is 0.246. The van der Waals surface area contributed by atoms with Crippen LogP contribution in [0.5, 0.6) is 0 Å². The van der Waals surface area contributed by atoms with E-state index < -0.39 is 24.5 Å².